The Morgan fingerprint density at radius 3 is 3.00 bits per heavy atom. The van der Waals surface area contributed by atoms with Crippen LogP contribution in [-0.4, -0.2) is 24.2 Å². The number of nitro groups is 1. The summed E-state index contributed by atoms with van der Waals surface area (Å²) in [5.74, 6) is 0. The van der Waals surface area contributed by atoms with Gasteiger partial charge in [0.2, 0.25) is 0 Å². The molecule has 2 rings (SSSR count). The highest BCUT2D eigenvalue weighted by Gasteiger charge is 2.17. The Labute approximate surface area is 111 Å². The summed E-state index contributed by atoms with van der Waals surface area (Å²) in [6.45, 7) is 1.27. The molecule has 1 aromatic rings. The molecule has 0 saturated carbocycles. The van der Waals surface area contributed by atoms with Crippen LogP contribution in [0.1, 0.15) is 24.8 Å². The number of nitrogens with one attached hydrogen (secondary N) is 1. The Kier molecular flexibility index (Phi) is 4.31. The third-order valence-electron chi connectivity index (χ3n) is 3.12. The van der Waals surface area contributed by atoms with E-state index in [0.717, 1.165) is 25.9 Å². The van der Waals surface area contributed by atoms with E-state index in [0.29, 0.717) is 17.8 Å². The monoisotopic (exact) mass is 261 g/mol. The van der Waals surface area contributed by atoms with Gasteiger partial charge in [-0.05, 0) is 31.4 Å². The van der Waals surface area contributed by atoms with Crippen LogP contribution in [-0.2, 0) is 4.74 Å². The van der Waals surface area contributed by atoms with Crippen LogP contribution in [0, 0.1) is 21.4 Å². The van der Waals surface area contributed by atoms with Crippen LogP contribution in [0.25, 0.3) is 0 Å². The van der Waals surface area contributed by atoms with Crippen LogP contribution in [0.4, 0.5) is 11.4 Å². The summed E-state index contributed by atoms with van der Waals surface area (Å²) in [6, 6.07) is 6.27. The van der Waals surface area contributed by atoms with E-state index < -0.39 is 4.92 Å². The van der Waals surface area contributed by atoms with Crippen molar-refractivity contribution in [3.05, 3.63) is 33.9 Å². The highest BCUT2D eigenvalue weighted by Crippen LogP contribution is 2.25. The highest BCUT2D eigenvalue weighted by atomic mass is 16.6. The van der Waals surface area contributed by atoms with Crippen LogP contribution in [0.5, 0.6) is 0 Å². The van der Waals surface area contributed by atoms with Crippen molar-refractivity contribution in [1.29, 1.82) is 5.26 Å². The van der Waals surface area contributed by atoms with E-state index in [-0.39, 0.29) is 11.8 Å². The van der Waals surface area contributed by atoms with E-state index >= 15 is 0 Å². The fraction of sp³-hybridized carbons (Fsp3) is 0.462. The van der Waals surface area contributed by atoms with Gasteiger partial charge >= 0.3 is 0 Å². The maximum absolute atomic E-state index is 10.9. The lowest BCUT2D eigenvalue weighted by Gasteiger charge is -2.23. The predicted molar refractivity (Wildman–Crippen MR) is 69.9 cm³/mol. The first-order valence-electron chi connectivity index (χ1n) is 6.24. The largest absolute Gasteiger partial charge is 0.377 e. The molecule has 6 heteroatoms. The molecule has 0 amide bonds. The number of benzene rings is 1. The third kappa shape index (κ3) is 3.42. The van der Waals surface area contributed by atoms with Crippen molar-refractivity contribution >= 4 is 11.4 Å². The van der Waals surface area contributed by atoms with E-state index in [2.05, 4.69) is 5.32 Å². The SMILES string of the molecule is N#Cc1ccc([N+](=O)[O-])c(NCC2CCCCO2)c1. The van der Waals surface area contributed by atoms with Crippen LogP contribution >= 0.6 is 0 Å². The van der Waals surface area contributed by atoms with Gasteiger partial charge in [0.25, 0.3) is 5.69 Å². The molecule has 1 aliphatic heterocycles. The highest BCUT2D eigenvalue weighted by molar-refractivity contribution is 5.64. The van der Waals surface area contributed by atoms with Crippen molar-refractivity contribution in [3.63, 3.8) is 0 Å². The van der Waals surface area contributed by atoms with E-state index in [9.17, 15) is 10.1 Å². The van der Waals surface area contributed by atoms with Gasteiger partial charge in [-0.15, -0.1) is 0 Å². The number of hydrogen-bond donors (Lipinski definition) is 1. The summed E-state index contributed by atoms with van der Waals surface area (Å²) >= 11 is 0. The number of nitriles is 1. The molecule has 0 spiro atoms. The molecule has 1 unspecified atom stereocenters. The molecule has 100 valence electrons. The second-order valence-electron chi connectivity index (χ2n) is 4.47. The average molecular weight is 261 g/mol. The molecule has 0 aromatic heterocycles. The molecule has 6 nitrogen and oxygen atoms in total. The third-order valence-corrected chi connectivity index (χ3v) is 3.12. The zero-order valence-electron chi connectivity index (χ0n) is 10.5. The van der Waals surface area contributed by atoms with Crippen LogP contribution in [0.15, 0.2) is 18.2 Å². The molecule has 0 radical (unpaired) electrons. The van der Waals surface area contributed by atoms with Gasteiger partial charge in [0.05, 0.1) is 22.7 Å². The molecule has 0 bridgehead atoms. The fourth-order valence-electron chi connectivity index (χ4n) is 2.10. The summed E-state index contributed by atoms with van der Waals surface area (Å²) in [4.78, 5) is 10.5. The second-order valence-corrected chi connectivity index (χ2v) is 4.47. The standard InChI is InChI=1S/C13H15N3O3/c14-8-10-4-5-13(16(17)18)12(7-10)15-9-11-3-1-2-6-19-11/h4-5,7,11,15H,1-3,6,9H2. The van der Waals surface area contributed by atoms with Crippen molar-refractivity contribution in [2.75, 3.05) is 18.5 Å². The number of nitrogens with zero attached hydrogens (tertiary/aromatic N) is 2. The average Bonchev–Trinajstić information content (AvgIpc) is 2.45. The summed E-state index contributed by atoms with van der Waals surface area (Å²) < 4.78 is 5.56. The minimum Gasteiger partial charge on any atom is -0.377 e. The number of rotatable bonds is 4. The molecular weight excluding hydrogens is 246 g/mol. The molecule has 19 heavy (non-hydrogen) atoms. The Bertz CT molecular complexity index is 504. The summed E-state index contributed by atoms with van der Waals surface area (Å²) in [6.07, 6.45) is 3.23. The molecule has 1 fully saturated rings. The van der Waals surface area contributed by atoms with Gasteiger partial charge in [-0.25, -0.2) is 0 Å². The lowest BCUT2D eigenvalue weighted by molar-refractivity contribution is -0.384. The van der Waals surface area contributed by atoms with Crippen molar-refractivity contribution in [2.45, 2.75) is 25.4 Å². The normalized spacial score (nSPS) is 18.6. The smallest absolute Gasteiger partial charge is 0.292 e. The second kappa shape index (κ2) is 6.16. The lowest BCUT2D eigenvalue weighted by atomic mass is 10.1. The summed E-state index contributed by atoms with van der Waals surface area (Å²) in [5, 5.41) is 22.8. The zero-order valence-corrected chi connectivity index (χ0v) is 10.5. The first-order valence-corrected chi connectivity index (χ1v) is 6.24. The lowest BCUT2D eigenvalue weighted by Crippen LogP contribution is -2.27. The summed E-state index contributed by atoms with van der Waals surface area (Å²) in [5.41, 5.74) is 0.755. The molecule has 1 heterocycles. The molecule has 0 aliphatic carbocycles. The molecule has 1 aromatic carbocycles. The van der Waals surface area contributed by atoms with Gasteiger partial charge < -0.3 is 10.1 Å². The van der Waals surface area contributed by atoms with Crippen molar-refractivity contribution in [2.24, 2.45) is 0 Å². The number of ether oxygens (including phenoxy) is 1. The van der Waals surface area contributed by atoms with E-state index in [1.807, 2.05) is 6.07 Å². The predicted octanol–water partition coefficient (Wildman–Crippen LogP) is 2.45. The van der Waals surface area contributed by atoms with Crippen LogP contribution in [0.3, 0.4) is 0 Å². The quantitative estimate of drug-likeness (QED) is 0.664. The van der Waals surface area contributed by atoms with Crippen LogP contribution < -0.4 is 5.32 Å². The topological polar surface area (TPSA) is 88.2 Å². The molecular formula is C13H15N3O3. The molecule has 1 atom stereocenters. The van der Waals surface area contributed by atoms with Gasteiger partial charge in [0.15, 0.2) is 0 Å². The Balaban J connectivity index is 2.08. The fourth-order valence-corrected chi connectivity index (χ4v) is 2.10. The molecule has 1 aliphatic rings. The van der Waals surface area contributed by atoms with E-state index in [1.165, 1.54) is 18.2 Å². The molecule has 1 N–H and O–H groups in total. The first-order chi connectivity index (χ1) is 9.20. The Hall–Kier alpha value is -2.13. The number of anilines is 1. The minimum atomic E-state index is -0.453. The Morgan fingerprint density at radius 1 is 1.53 bits per heavy atom. The van der Waals surface area contributed by atoms with Crippen molar-refractivity contribution in [3.8, 4) is 6.07 Å². The maximum atomic E-state index is 10.9. The van der Waals surface area contributed by atoms with Crippen molar-refractivity contribution < 1.29 is 9.66 Å². The van der Waals surface area contributed by atoms with Gasteiger partial charge in [-0.3, -0.25) is 10.1 Å². The minimum absolute atomic E-state index is 0.0187. The van der Waals surface area contributed by atoms with Crippen LogP contribution in [0.2, 0.25) is 0 Å². The first kappa shape index (κ1) is 13.3. The number of nitro benzene ring substituents is 1. The van der Waals surface area contributed by atoms with E-state index in [4.69, 9.17) is 10.00 Å². The van der Waals surface area contributed by atoms with Gasteiger partial charge in [-0.1, -0.05) is 0 Å². The number of hydrogen-bond acceptors (Lipinski definition) is 5. The van der Waals surface area contributed by atoms with Gasteiger partial charge in [0, 0.05) is 19.2 Å². The summed E-state index contributed by atoms with van der Waals surface area (Å²) in [7, 11) is 0. The zero-order chi connectivity index (χ0) is 13.7. The van der Waals surface area contributed by atoms with E-state index in [1.54, 1.807) is 0 Å². The Morgan fingerprint density at radius 2 is 2.37 bits per heavy atom. The van der Waals surface area contributed by atoms with Gasteiger partial charge in [0.1, 0.15) is 5.69 Å². The van der Waals surface area contributed by atoms with Crippen molar-refractivity contribution in [1.82, 2.24) is 0 Å². The molecule has 1 saturated heterocycles. The van der Waals surface area contributed by atoms with Gasteiger partial charge in [-0.2, -0.15) is 5.26 Å². The maximum Gasteiger partial charge on any atom is 0.292 e.